The van der Waals surface area contributed by atoms with Gasteiger partial charge in [0, 0.05) is 32.5 Å². The van der Waals surface area contributed by atoms with Gasteiger partial charge < -0.3 is 14.6 Å². The molecule has 0 atom stereocenters. The molecule has 0 radical (unpaired) electrons. The summed E-state index contributed by atoms with van der Waals surface area (Å²) in [6.07, 6.45) is 5.01. The van der Waals surface area contributed by atoms with Crippen molar-refractivity contribution in [2.45, 2.75) is 19.4 Å². The summed E-state index contributed by atoms with van der Waals surface area (Å²) in [5.74, 6) is -0.522. The highest BCUT2D eigenvalue weighted by molar-refractivity contribution is 5.88. The molecule has 3 rings (SSSR count). The van der Waals surface area contributed by atoms with Crippen LogP contribution in [0.5, 0.6) is 0 Å². The zero-order valence-corrected chi connectivity index (χ0v) is 12.3. The molecule has 1 aliphatic rings. The van der Waals surface area contributed by atoms with Gasteiger partial charge in [-0.05, 0) is 36.1 Å². The minimum absolute atomic E-state index is 0.139. The van der Waals surface area contributed by atoms with Gasteiger partial charge in [0.2, 0.25) is 0 Å². The van der Waals surface area contributed by atoms with Crippen LogP contribution in [0.25, 0.3) is 0 Å². The summed E-state index contributed by atoms with van der Waals surface area (Å²) in [7, 11) is 1.70. The van der Waals surface area contributed by atoms with Gasteiger partial charge in [0.1, 0.15) is 0 Å². The normalized spacial score (nSPS) is 14.3. The first kappa shape index (κ1) is 14.3. The number of hydrogen-bond acceptors (Lipinski definition) is 4. The summed E-state index contributed by atoms with van der Waals surface area (Å²) in [5.41, 5.74) is 2.22. The van der Waals surface area contributed by atoms with Crippen molar-refractivity contribution in [3.63, 3.8) is 0 Å². The standard InChI is InChI=1S/C16H17N3O3/c1-18-8-6-17-14(15(18)20)19-7-2-3-11-4-5-12(16(21)22)9-13(11)10-19/h4-6,8-9H,2-3,7,10H2,1H3,(H,21,22). The van der Waals surface area contributed by atoms with Crippen LogP contribution in [0.3, 0.4) is 0 Å². The van der Waals surface area contributed by atoms with E-state index in [2.05, 4.69) is 4.98 Å². The van der Waals surface area contributed by atoms with Crippen molar-refractivity contribution < 1.29 is 9.90 Å². The van der Waals surface area contributed by atoms with Gasteiger partial charge >= 0.3 is 5.97 Å². The van der Waals surface area contributed by atoms with Crippen LogP contribution in [-0.4, -0.2) is 27.2 Å². The van der Waals surface area contributed by atoms with Gasteiger partial charge in [-0.3, -0.25) is 4.79 Å². The molecule has 114 valence electrons. The van der Waals surface area contributed by atoms with E-state index in [1.807, 2.05) is 11.0 Å². The highest BCUT2D eigenvalue weighted by Gasteiger charge is 2.19. The van der Waals surface area contributed by atoms with Crippen LogP contribution >= 0.6 is 0 Å². The predicted molar refractivity (Wildman–Crippen MR) is 82.3 cm³/mol. The number of anilines is 1. The SMILES string of the molecule is Cn1ccnc(N2CCCc3ccc(C(=O)O)cc3C2)c1=O. The fraction of sp³-hybridized carbons (Fsp3) is 0.312. The molecule has 0 aliphatic carbocycles. The molecule has 0 saturated heterocycles. The van der Waals surface area contributed by atoms with Gasteiger partial charge in [0.15, 0.2) is 5.82 Å². The van der Waals surface area contributed by atoms with Crippen molar-refractivity contribution in [2.24, 2.45) is 7.05 Å². The number of aromatic carboxylic acids is 1. The minimum Gasteiger partial charge on any atom is -0.478 e. The molecule has 0 amide bonds. The molecule has 1 aliphatic heterocycles. The largest absolute Gasteiger partial charge is 0.478 e. The Morgan fingerprint density at radius 1 is 1.32 bits per heavy atom. The maximum absolute atomic E-state index is 12.2. The average molecular weight is 299 g/mol. The number of carboxylic acids is 1. The minimum atomic E-state index is -0.938. The third-order valence-electron chi connectivity index (χ3n) is 3.99. The summed E-state index contributed by atoms with van der Waals surface area (Å²) in [4.78, 5) is 29.5. The van der Waals surface area contributed by atoms with E-state index in [0.29, 0.717) is 12.4 Å². The van der Waals surface area contributed by atoms with Crippen molar-refractivity contribution in [1.82, 2.24) is 9.55 Å². The predicted octanol–water partition coefficient (Wildman–Crippen LogP) is 1.43. The van der Waals surface area contributed by atoms with Crippen LogP contribution in [0.2, 0.25) is 0 Å². The third-order valence-corrected chi connectivity index (χ3v) is 3.99. The number of aromatic nitrogens is 2. The van der Waals surface area contributed by atoms with Crippen LogP contribution in [0.15, 0.2) is 35.4 Å². The lowest BCUT2D eigenvalue weighted by molar-refractivity contribution is 0.0696. The topological polar surface area (TPSA) is 75.4 Å². The average Bonchev–Trinajstić information content (AvgIpc) is 2.71. The number of fused-ring (bicyclic) bond motifs is 1. The lowest BCUT2D eigenvalue weighted by Gasteiger charge is -2.21. The van der Waals surface area contributed by atoms with Crippen LogP contribution in [0.1, 0.15) is 27.9 Å². The molecule has 0 fully saturated rings. The Hall–Kier alpha value is -2.63. The molecule has 2 aromatic rings. The first-order chi connectivity index (χ1) is 10.6. The summed E-state index contributed by atoms with van der Waals surface area (Å²) in [6.45, 7) is 1.23. The number of hydrogen-bond donors (Lipinski definition) is 1. The van der Waals surface area contributed by atoms with Crippen molar-refractivity contribution >= 4 is 11.8 Å². The molecule has 0 unspecified atom stereocenters. The molecule has 0 bridgehead atoms. The van der Waals surface area contributed by atoms with E-state index in [4.69, 9.17) is 5.11 Å². The van der Waals surface area contributed by atoms with E-state index in [1.54, 1.807) is 31.6 Å². The second kappa shape index (κ2) is 5.63. The van der Waals surface area contributed by atoms with E-state index in [-0.39, 0.29) is 11.1 Å². The zero-order chi connectivity index (χ0) is 15.7. The number of benzene rings is 1. The molecule has 0 spiro atoms. The van der Waals surface area contributed by atoms with Crippen LogP contribution in [0.4, 0.5) is 5.82 Å². The summed E-state index contributed by atoms with van der Waals surface area (Å²) in [5, 5.41) is 9.14. The molecule has 1 N–H and O–H groups in total. The molecule has 1 aromatic carbocycles. The summed E-state index contributed by atoms with van der Waals surface area (Å²) < 4.78 is 1.50. The first-order valence-corrected chi connectivity index (χ1v) is 7.18. The Morgan fingerprint density at radius 3 is 2.91 bits per heavy atom. The van der Waals surface area contributed by atoms with Crippen LogP contribution < -0.4 is 10.5 Å². The Balaban J connectivity index is 2.00. The van der Waals surface area contributed by atoms with Crippen molar-refractivity contribution in [3.05, 3.63) is 57.6 Å². The van der Waals surface area contributed by atoms with Crippen LogP contribution in [0, 0.1) is 0 Å². The monoisotopic (exact) mass is 299 g/mol. The molecule has 22 heavy (non-hydrogen) atoms. The molecule has 6 heteroatoms. The molecular formula is C16H17N3O3. The van der Waals surface area contributed by atoms with Crippen molar-refractivity contribution in [1.29, 1.82) is 0 Å². The zero-order valence-electron chi connectivity index (χ0n) is 12.3. The van der Waals surface area contributed by atoms with Gasteiger partial charge in [-0.15, -0.1) is 0 Å². The molecule has 0 saturated carbocycles. The second-order valence-corrected chi connectivity index (χ2v) is 5.48. The van der Waals surface area contributed by atoms with Gasteiger partial charge in [-0.1, -0.05) is 6.07 Å². The number of rotatable bonds is 2. The maximum atomic E-state index is 12.2. The highest BCUT2D eigenvalue weighted by atomic mass is 16.4. The smallest absolute Gasteiger partial charge is 0.335 e. The fourth-order valence-electron chi connectivity index (χ4n) is 2.78. The van der Waals surface area contributed by atoms with E-state index < -0.39 is 5.97 Å². The number of aryl methyl sites for hydroxylation is 2. The van der Waals surface area contributed by atoms with Crippen molar-refractivity contribution in [3.8, 4) is 0 Å². The fourth-order valence-corrected chi connectivity index (χ4v) is 2.78. The Labute approximate surface area is 127 Å². The van der Waals surface area contributed by atoms with E-state index >= 15 is 0 Å². The van der Waals surface area contributed by atoms with Gasteiger partial charge in [0.25, 0.3) is 5.56 Å². The van der Waals surface area contributed by atoms with E-state index in [1.165, 1.54) is 4.57 Å². The van der Waals surface area contributed by atoms with Crippen molar-refractivity contribution in [2.75, 3.05) is 11.4 Å². The first-order valence-electron chi connectivity index (χ1n) is 7.18. The number of carbonyl (C=O) groups is 1. The van der Waals surface area contributed by atoms with E-state index in [9.17, 15) is 9.59 Å². The maximum Gasteiger partial charge on any atom is 0.335 e. The van der Waals surface area contributed by atoms with Crippen LogP contribution in [-0.2, 0) is 20.0 Å². The summed E-state index contributed by atoms with van der Waals surface area (Å²) in [6, 6.07) is 5.21. The van der Waals surface area contributed by atoms with Gasteiger partial charge in [0.05, 0.1) is 5.56 Å². The molecule has 6 nitrogen and oxygen atoms in total. The Kier molecular flexibility index (Phi) is 3.66. The lowest BCUT2D eigenvalue weighted by atomic mass is 10.0. The van der Waals surface area contributed by atoms with Gasteiger partial charge in [-0.2, -0.15) is 0 Å². The molecular weight excluding hydrogens is 282 g/mol. The number of carboxylic acid groups (broad SMARTS) is 1. The quantitative estimate of drug-likeness (QED) is 0.908. The molecule has 1 aromatic heterocycles. The summed E-state index contributed by atoms with van der Waals surface area (Å²) >= 11 is 0. The number of nitrogens with zero attached hydrogens (tertiary/aromatic N) is 3. The van der Waals surface area contributed by atoms with E-state index in [0.717, 1.165) is 30.5 Å². The second-order valence-electron chi connectivity index (χ2n) is 5.48. The van der Waals surface area contributed by atoms with Gasteiger partial charge in [-0.25, -0.2) is 9.78 Å². The Morgan fingerprint density at radius 2 is 2.14 bits per heavy atom. The molecule has 2 heterocycles. The highest BCUT2D eigenvalue weighted by Crippen LogP contribution is 2.22. The Bertz CT molecular complexity index is 782. The lowest BCUT2D eigenvalue weighted by Crippen LogP contribution is -2.32. The third kappa shape index (κ3) is 2.59.